The molecule has 90 valence electrons. The van der Waals surface area contributed by atoms with E-state index in [1.165, 1.54) is 45.2 Å². The lowest BCUT2D eigenvalue weighted by Crippen LogP contribution is -2.64. The minimum atomic E-state index is -0.271. The van der Waals surface area contributed by atoms with Gasteiger partial charge in [-0.15, -0.1) is 0 Å². The second-order valence-electron chi connectivity index (χ2n) is 7.10. The summed E-state index contributed by atoms with van der Waals surface area (Å²) in [6.07, 6.45) is 10.3. The van der Waals surface area contributed by atoms with Gasteiger partial charge in [0.25, 0.3) is 0 Å². The number of hydrogen-bond donors (Lipinski definition) is 1. The smallest absolute Gasteiger partial charge is 0.0670 e. The van der Waals surface area contributed by atoms with Gasteiger partial charge in [-0.2, -0.15) is 0 Å². The zero-order valence-corrected chi connectivity index (χ0v) is 10.1. The monoisotopic (exact) mass is 221 g/mol. The van der Waals surface area contributed by atoms with Gasteiger partial charge >= 0.3 is 0 Å². The van der Waals surface area contributed by atoms with Crippen LogP contribution in [0.15, 0.2) is 0 Å². The lowest BCUT2D eigenvalue weighted by Gasteiger charge is -2.63. The second-order valence-corrected chi connectivity index (χ2v) is 7.10. The Hall–Kier alpha value is -0.0800. The molecule has 2 atom stereocenters. The minimum Gasteiger partial charge on any atom is -0.390 e. The third-order valence-corrected chi connectivity index (χ3v) is 5.78. The lowest BCUT2D eigenvalue weighted by molar-refractivity contribution is -0.171. The standard InChI is InChI=1S/C14H23NO/c16-14-8-11-5-12(9-14)7-13(6-11,10-14)15-3-1-2-4-15/h11-12,16H,1-10H2/t11-,12-,13?,14?/m1/s1. The van der Waals surface area contributed by atoms with Gasteiger partial charge in [0.15, 0.2) is 0 Å². The van der Waals surface area contributed by atoms with Gasteiger partial charge in [-0.05, 0) is 76.3 Å². The van der Waals surface area contributed by atoms with Crippen LogP contribution in [-0.4, -0.2) is 34.2 Å². The molecule has 16 heavy (non-hydrogen) atoms. The molecule has 5 fully saturated rings. The predicted molar refractivity (Wildman–Crippen MR) is 63.2 cm³/mol. The topological polar surface area (TPSA) is 23.5 Å². The number of hydrogen-bond acceptors (Lipinski definition) is 2. The van der Waals surface area contributed by atoms with Crippen LogP contribution in [0.2, 0.25) is 0 Å². The van der Waals surface area contributed by atoms with Crippen molar-refractivity contribution in [3.05, 3.63) is 0 Å². The van der Waals surface area contributed by atoms with Crippen molar-refractivity contribution in [3.63, 3.8) is 0 Å². The molecule has 1 heterocycles. The van der Waals surface area contributed by atoms with Gasteiger partial charge in [0.2, 0.25) is 0 Å². The number of likely N-dealkylation sites (tertiary alicyclic amines) is 1. The van der Waals surface area contributed by atoms with Gasteiger partial charge in [0.05, 0.1) is 5.60 Å². The Morgan fingerprint density at radius 1 is 0.938 bits per heavy atom. The summed E-state index contributed by atoms with van der Waals surface area (Å²) in [4.78, 5) is 2.75. The first-order chi connectivity index (χ1) is 7.68. The van der Waals surface area contributed by atoms with E-state index >= 15 is 0 Å². The van der Waals surface area contributed by atoms with Gasteiger partial charge < -0.3 is 5.11 Å². The van der Waals surface area contributed by atoms with Crippen molar-refractivity contribution >= 4 is 0 Å². The first kappa shape index (κ1) is 9.90. The highest BCUT2D eigenvalue weighted by Gasteiger charge is 2.59. The van der Waals surface area contributed by atoms with Crippen LogP contribution in [0.5, 0.6) is 0 Å². The van der Waals surface area contributed by atoms with E-state index in [-0.39, 0.29) is 5.60 Å². The van der Waals surface area contributed by atoms with Crippen molar-refractivity contribution in [2.24, 2.45) is 11.8 Å². The Morgan fingerprint density at radius 2 is 1.56 bits per heavy atom. The quantitative estimate of drug-likeness (QED) is 0.733. The van der Waals surface area contributed by atoms with E-state index in [0.29, 0.717) is 5.54 Å². The van der Waals surface area contributed by atoms with E-state index in [1.54, 1.807) is 0 Å². The minimum absolute atomic E-state index is 0.271. The van der Waals surface area contributed by atoms with E-state index in [9.17, 15) is 5.11 Å². The normalized spacial score (nSPS) is 56.1. The molecule has 1 saturated heterocycles. The molecule has 0 spiro atoms. The summed E-state index contributed by atoms with van der Waals surface area (Å²) in [6, 6.07) is 0. The van der Waals surface area contributed by atoms with Gasteiger partial charge in [-0.25, -0.2) is 0 Å². The molecule has 0 amide bonds. The van der Waals surface area contributed by atoms with Crippen molar-refractivity contribution in [1.82, 2.24) is 4.90 Å². The summed E-state index contributed by atoms with van der Waals surface area (Å²) in [5.74, 6) is 1.68. The number of rotatable bonds is 1. The third kappa shape index (κ3) is 1.26. The molecule has 1 aliphatic heterocycles. The third-order valence-electron chi connectivity index (χ3n) is 5.78. The lowest BCUT2D eigenvalue weighted by atomic mass is 9.50. The molecule has 0 aromatic rings. The average Bonchev–Trinajstić information content (AvgIpc) is 2.65. The summed E-state index contributed by atoms with van der Waals surface area (Å²) in [5, 5.41) is 10.7. The Kier molecular flexibility index (Phi) is 1.87. The Balaban J connectivity index is 1.68. The molecule has 4 bridgehead atoms. The fourth-order valence-corrected chi connectivity index (χ4v) is 5.73. The number of nitrogens with zero attached hydrogens (tertiary/aromatic N) is 1. The largest absolute Gasteiger partial charge is 0.390 e. The van der Waals surface area contributed by atoms with E-state index in [1.807, 2.05) is 0 Å². The molecule has 0 unspecified atom stereocenters. The van der Waals surface area contributed by atoms with Crippen LogP contribution in [0, 0.1) is 11.8 Å². The molecule has 5 rings (SSSR count). The van der Waals surface area contributed by atoms with E-state index < -0.39 is 0 Å². The predicted octanol–water partition coefficient (Wildman–Crippen LogP) is 2.17. The van der Waals surface area contributed by atoms with Crippen LogP contribution in [0.1, 0.15) is 51.4 Å². The first-order valence-corrected chi connectivity index (χ1v) is 7.15. The Morgan fingerprint density at radius 3 is 2.12 bits per heavy atom. The van der Waals surface area contributed by atoms with Gasteiger partial charge in [-0.1, -0.05) is 0 Å². The molecule has 2 heteroatoms. The fraction of sp³-hybridized carbons (Fsp3) is 1.00. The summed E-state index contributed by atoms with van der Waals surface area (Å²) in [5.41, 5.74) is 0.155. The SMILES string of the molecule is OC12C[C@@H]3C[C@@H](C1)CC(N1CCCC1)(C3)C2. The maximum Gasteiger partial charge on any atom is 0.0670 e. The zero-order chi connectivity index (χ0) is 10.8. The van der Waals surface area contributed by atoms with E-state index in [2.05, 4.69) is 4.90 Å². The molecular formula is C14H23NO. The van der Waals surface area contributed by atoms with Crippen molar-refractivity contribution in [2.75, 3.05) is 13.1 Å². The Labute approximate surface area is 98.0 Å². The molecule has 0 aromatic heterocycles. The summed E-state index contributed by atoms with van der Waals surface area (Å²) < 4.78 is 0. The molecule has 4 saturated carbocycles. The molecule has 0 radical (unpaired) electrons. The van der Waals surface area contributed by atoms with Crippen molar-refractivity contribution < 1.29 is 5.11 Å². The van der Waals surface area contributed by atoms with Crippen LogP contribution in [-0.2, 0) is 0 Å². The van der Waals surface area contributed by atoms with E-state index in [0.717, 1.165) is 31.1 Å². The van der Waals surface area contributed by atoms with Crippen LogP contribution in [0.3, 0.4) is 0 Å². The summed E-state index contributed by atoms with van der Waals surface area (Å²) >= 11 is 0. The van der Waals surface area contributed by atoms with Crippen LogP contribution in [0.4, 0.5) is 0 Å². The second kappa shape index (κ2) is 3.02. The summed E-state index contributed by atoms with van der Waals surface area (Å²) in [7, 11) is 0. The van der Waals surface area contributed by atoms with Crippen molar-refractivity contribution in [3.8, 4) is 0 Å². The van der Waals surface area contributed by atoms with Crippen LogP contribution >= 0.6 is 0 Å². The molecule has 5 aliphatic rings. The molecule has 0 aromatic carbocycles. The van der Waals surface area contributed by atoms with Gasteiger partial charge in [0.1, 0.15) is 0 Å². The highest BCUT2D eigenvalue weighted by molar-refractivity contribution is 5.13. The maximum absolute atomic E-state index is 10.7. The van der Waals surface area contributed by atoms with Crippen LogP contribution in [0.25, 0.3) is 0 Å². The fourth-order valence-electron chi connectivity index (χ4n) is 5.73. The number of aliphatic hydroxyl groups is 1. The van der Waals surface area contributed by atoms with Gasteiger partial charge in [-0.3, -0.25) is 4.90 Å². The van der Waals surface area contributed by atoms with Crippen molar-refractivity contribution in [1.29, 1.82) is 0 Å². The highest BCUT2D eigenvalue weighted by Crippen LogP contribution is 2.59. The summed E-state index contributed by atoms with van der Waals surface area (Å²) in [6.45, 7) is 2.60. The van der Waals surface area contributed by atoms with Gasteiger partial charge in [0, 0.05) is 5.54 Å². The Bertz CT molecular complexity index is 294. The average molecular weight is 221 g/mol. The first-order valence-electron chi connectivity index (χ1n) is 7.15. The molecular weight excluding hydrogens is 198 g/mol. The molecule has 1 N–H and O–H groups in total. The molecule has 2 nitrogen and oxygen atoms in total. The highest BCUT2D eigenvalue weighted by atomic mass is 16.3. The zero-order valence-electron chi connectivity index (χ0n) is 10.1. The molecule has 4 aliphatic carbocycles. The maximum atomic E-state index is 10.7. The van der Waals surface area contributed by atoms with Crippen molar-refractivity contribution in [2.45, 2.75) is 62.5 Å². The van der Waals surface area contributed by atoms with Crippen LogP contribution < -0.4 is 0 Å². The van der Waals surface area contributed by atoms with E-state index in [4.69, 9.17) is 0 Å².